The van der Waals surface area contributed by atoms with E-state index in [-0.39, 0.29) is 24.7 Å². The number of carbonyl (C=O) groups excluding carboxylic acids is 2. The van der Waals surface area contributed by atoms with Gasteiger partial charge in [-0.15, -0.1) is 0 Å². The molecule has 2 N–H and O–H groups in total. The second-order valence-electron chi connectivity index (χ2n) is 6.17. The molecule has 1 aromatic carbocycles. The van der Waals surface area contributed by atoms with Gasteiger partial charge in [-0.25, -0.2) is 18.3 Å². The van der Waals surface area contributed by atoms with E-state index in [9.17, 15) is 28.3 Å². The van der Waals surface area contributed by atoms with Crippen LogP contribution in [-0.4, -0.2) is 56.7 Å². The monoisotopic (exact) mass is 394 g/mol. The van der Waals surface area contributed by atoms with Gasteiger partial charge in [0.05, 0.1) is 0 Å². The quantitative estimate of drug-likeness (QED) is 0.741. The van der Waals surface area contributed by atoms with Crippen LogP contribution < -0.4 is 5.32 Å². The molecule has 0 bridgehead atoms. The van der Waals surface area contributed by atoms with Crippen LogP contribution >= 0.6 is 0 Å². The molecule has 0 aliphatic carbocycles. The van der Waals surface area contributed by atoms with Crippen molar-refractivity contribution in [1.29, 1.82) is 0 Å². The molecule has 2 aromatic rings. The Bertz CT molecular complexity index is 893. The highest BCUT2D eigenvalue weighted by Crippen LogP contribution is 2.20. The summed E-state index contributed by atoms with van der Waals surface area (Å²) in [6, 6.07) is 2.12. The normalized spacial score (nSPS) is 11.8. The van der Waals surface area contributed by atoms with Crippen LogP contribution in [0.15, 0.2) is 24.4 Å². The lowest BCUT2D eigenvalue weighted by Crippen LogP contribution is -2.47. The third kappa shape index (κ3) is 4.51. The number of aryl methyl sites for hydroxylation is 1. The second-order valence-corrected chi connectivity index (χ2v) is 6.17. The molecular formula is C18H20F2N4O4. The van der Waals surface area contributed by atoms with Gasteiger partial charge in [-0.1, -0.05) is 6.07 Å². The Balaban J connectivity index is 2.38. The Hall–Kier alpha value is -3.30. The number of rotatable bonds is 7. The van der Waals surface area contributed by atoms with Crippen LogP contribution in [0.3, 0.4) is 0 Å². The summed E-state index contributed by atoms with van der Waals surface area (Å²) in [6.07, 6.45) is 1.28. The number of carboxylic acids is 1. The zero-order valence-electron chi connectivity index (χ0n) is 15.6. The Kier molecular flexibility index (Phi) is 6.45. The van der Waals surface area contributed by atoms with Crippen molar-refractivity contribution >= 4 is 17.8 Å². The SMILES string of the molecule is CC(=O)NCCN(C(=O)c1nn(-c2c(F)cccc2F)cc1C)C(C)C(=O)O. The van der Waals surface area contributed by atoms with E-state index in [4.69, 9.17) is 0 Å². The van der Waals surface area contributed by atoms with Gasteiger partial charge in [0.25, 0.3) is 5.91 Å². The minimum Gasteiger partial charge on any atom is -0.480 e. The van der Waals surface area contributed by atoms with Crippen molar-refractivity contribution in [3.8, 4) is 5.69 Å². The van der Waals surface area contributed by atoms with E-state index >= 15 is 0 Å². The number of nitrogens with one attached hydrogen (secondary N) is 1. The van der Waals surface area contributed by atoms with Crippen molar-refractivity contribution in [3.63, 3.8) is 0 Å². The molecule has 0 spiro atoms. The summed E-state index contributed by atoms with van der Waals surface area (Å²) in [5, 5.41) is 15.7. The second kappa shape index (κ2) is 8.59. The number of hydrogen-bond acceptors (Lipinski definition) is 4. The van der Waals surface area contributed by atoms with Crippen LogP contribution in [0.25, 0.3) is 5.69 Å². The number of hydrogen-bond donors (Lipinski definition) is 2. The number of aromatic nitrogens is 2. The molecule has 10 heteroatoms. The molecule has 1 atom stereocenters. The van der Waals surface area contributed by atoms with Crippen LogP contribution in [0.5, 0.6) is 0 Å². The molecule has 0 saturated carbocycles. The first-order valence-corrected chi connectivity index (χ1v) is 8.42. The Morgan fingerprint density at radius 1 is 1.29 bits per heavy atom. The third-order valence-corrected chi connectivity index (χ3v) is 4.08. The lowest BCUT2D eigenvalue weighted by Gasteiger charge is -2.26. The van der Waals surface area contributed by atoms with E-state index in [1.165, 1.54) is 33.0 Å². The Labute approximate surface area is 159 Å². The minimum atomic E-state index is -1.24. The molecule has 1 aromatic heterocycles. The van der Waals surface area contributed by atoms with Gasteiger partial charge in [-0.05, 0) is 26.0 Å². The highest BCUT2D eigenvalue weighted by atomic mass is 19.1. The van der Waals surface area contributed by atoms with E-state index in [0.717, 1.165) is 21.7 Å². The molecule has 0 radical (unpaired) electrons. The average molecular weight is 394 g/mol. The number of benzene rings is 1. The maximum atomic E-state index is 14.0. The summed E-state index contributed by atoms with van der Waals surface area (Å²) in [7, 11) is 0. The summed E-state index contributed by atoms with van der Waals surface area (Å²) < 4.78 is 28.9. The van der Waals surface area contributed by atoms with Crippen molar-refractivity contribution in [2.75, 3.05) is 13.1 Å². The molecule has 0 saturated heterocycles. The van der Waals surface area contributed by atoms with Crippen LogP contribution in [0.4, 0.5) is 8.78 Å². The summed E-state index contributed by atoms with van der Waals surface area (Å²) in [5.74, 6) is -4.02. The predicted octanol–water partition coefficient (Wildman–Crippen LogP) is 1.51. The van der Waals surface area contributed by atoms with Crippen LogP contribution in [-0.2, 0) is 9.59 Å². The molecule has 1 heterocycles. The van der Waals surface area contributed by atoms with Gasteiger partial charge in [0.1, 0.15) is 11.7 Å². The fourth-order valence-electron chi connectivity index (χ4n) is 2.59. The van der Waals surface area contributed by atoms with Crippen molar-refractivity contribution in [1.82, 2.24) is 20.0 Å². The lowest BCUT2D eigenvalue weighted by molar-refractivity contribution is -0.141. The average Bonchev–Trinajstić information content (AvgIpc) is 2.98. The molecule has 0 aliphatic heterocycles. The number of nitrogens with zero attached hydrogens (tertiary/aromatic N) is 3. The van der Waals surface area contributed by atoms with Gasteiger partial charge < -0.3 is 15.3 Å². The lowest BCUT2D eigenvalue weighted by atomic mass is 10.2. The first-order valence-electron chi connectivity index (χ1n) is 8.42. The first-order chi connectivity index (χ1) is 13.1. The van der Waals surface area contributed by atoms with Crippen molar-refractivity contribution in [2.45, 2.75) is 26.8 Å². The third-order valence-electron chi connectivity index (χ3n) is 4.08. The van der Waals surface area contributed by atoms with Crippen LogP contribution in [0.2, 0.25) is 0 Å². The van der Waals surface area contributed by atoms with E-state index in [0.29, 0.717) is 5.56 Å². The topological polar surface area (TPSA) is 105 Å². The molecule has 8 nitrogen and oxygen atoms in total. The summed E-state index contributed by atoms with van der Waals surface area (Å²) in [4.78, 5) is 36.3. The maximum Gasteiger partial charge on any atom is 0.326 e. The van der Waals surface area contributed by atoms with Gasteiger partial charge in [-0.2, -0.15) is 5.10 Å². The number of carboxylic acid groups (broad SMARTS) is 1. The Morgan fingerprint density at radius 3 is 2.43 bits per heavy atom. The number of amides is 2. The summed E-state index contributed by atoms with van der Waals surface area (Å²) in [5.41, 5.74) is -0.269. The maximum absolute atomic E-state index is 14.0. The highest BCUT2D eigenvalue weighted by Gasteiger charge is 2.29. The van der Waals surface area contributed by atoms with Crippen LogP contribution in [0.1, 0.15) is 29.9 Å². The molecule has 0 aliphatic rings. The largest absolute Gasteiger partial charge is 0.480 e. The van der Waals surface area contributed by atoms with E-state index < -0.39 is 35.2 Å². The zero-order chi connectivity index (χ0) is 21.0. The number of carbonyl (C=O) groups is 3. The summed E-state index contributed by atoms with van der Waals surface area (Å²) in [6.45, 7) is 4.10. The predicted molar refractivity (Wildman–Crippen MR) is 95.0 cm³/mol. The highest BCUT2D eigenvalue weighted by molar-refractivity contribution is 5.96. The fraction of sp³-hybridized carbons (Fsp3) is 0.333. The van der Waals surface area contributed by atoms with Gasteiger partial charge in [0.2, 0.25) is 5.91 Å². The molecular weight excluding hydrogens is 374 g/mol. The van der Waals surface area contributed by atoms with E-state index in [1.807, 2.05) is 0 Å². The fourth-order valence-corrected chi connectivity index (χ4v) is 2.59. The van der Waals surface area contributed by atoms with Crippen molar-refractivity contribution in [3.05, 3.63) is 47.3 Å². The molecule has 0 fully saturated rings. The van der Waals surface area contributed by atoms with Gasteiger partial charge in [-0.3, -0.25) is 9.59 Å². The molecule has 2 rings (SSSR count). The standard InChI is InChI=1S/C18H20F2N4O4/c1-10-9-24(16-13(19)5-4-6-14(16)20)22-15(10)17(26)23(11(2)18(27)28)8-7-21-12(3)25/h4-6,9,11H,7-8H2,1-3H3,(H,21,25)(H,27,28). The zero-order valence-corrected chi connectivity index (χ0v) is 15.6. The van der Waals surface area contributed by atoms with E-state index in [2.05, 4.69) is 10.4 Å². The molecule has 2 amide bonds. The molecule has 28 heavy (non-hydrogen) atoms. The van der Waals surface area contributed by atoms with E-state index in [1.54, 1.807) is 0 Å². The van der Waals surface area contributed by atoms with Gasteiger partial charge in [0.15, 0.2) is 17.3 Å². The smallest absolute Gasteiger partial charge is 0.326 e. The minimum absolute atomic E-state index is 0.0421. The summed E-state index contributed by atoms with van der Waals surface area (Å²) >= 11 is 0. The van der Waals surface area contributed by atoms with Crippen LogP contribution in [0, 0.1) is 18.6 Å². The molecule has 1 unspecified atom stereocenters. The van der Waals surface area contributed by atoms with Crippen molar-refractivity contribution in [2.24, 2.45) is 0 Å². The number of halogens is 2. The van der Waals surface area contributed by atoms with Crippen molar-refractivity contribution < 1.29 is 28.3 Å². The number of aliphatic carboxylic acids is 1. The molecule has 150 valence electrons. The number of para-hydroxylation sites is 1. The Morgan fingerprint density at radius 2 is 1.89 bits per heavy atom. The van der Waals surface area contributed by atoms with Gasteiger partial charge >= 0.3 is 5.97 Å². The first kappa shape index (κ1) is 21.0. The van der Waals surface area contributed by atoms with Gasteiger partial charge in [0, 0.05) is 31.8 Å².